The maximum Gasteiger partial charge on any atom is 0.326 e. The van der Waals surface area contributed by atoms with Crippen molar-refractivity contribution in [2.24, 2.45) is 0 Å². The van der Waals surface area contributed by atoms with Gasteiger partial charge in [-0.05, 0) is 52.0 Å². The lowest BCUT2D eigenvalue weighted by Crippen LogP contribution is -2.39. The molecule has 1 amide bonds. The first-order valence-electron chi connectivity index (χ1n) is 9.88. The molecule has 0 spiro atoms. The van der Waals surface area contributed by atoms with Crippen LogP contribution in [-0.4, -0.2) is 43.1 Å². The monoisotopic (exact) mass is 426 g/mol. The van der Waals surface area contributed by atoms with Crippen LogP contribution in [0.5, 0.6) is 11.5 Å². The molecule has 0 saturated carbocycles. The molecule has 31 heavy (non-hydrogen) atoms. The fraction of sp³-hybridized carbons (Fsp3) is 0.348. The maximum absolute atomic E-state index is 12.8. The molecule has 0 aromatic heterocycles. The number of ether oxygens (including phenoxy) is 3. The molecule has 0 bridgehead atoms. The maximum atomic E-state index is 12.8. The fourth-order valence-corrected chi connectivity index (χ4v) is 3.11. The second-order valence-corrected chi connectivity index (χ2v) is 8.13. The summed E-state index contributed by atoms with van der Waals surface area (Å²) in [5, 5.41) is 2.76. The second kappa shape index (κ2) is 9.07. The number of esters is 1. The number of benzene rings is 2. The van der Waals surface area contributed by atoms with Gasteiger partial charge in [0.05, 0.1) is 12.2 Å². The Morgan fingerprint density at radius 1 is 1.03 bits per heavy atom. The lowest BCUT2D eigenvalue weighted by atomic mass is 10.1. The molecule has 0 fully saturated rings. The van der Waals surface area contributed by atoms with E-state index in [1.165, 1.54) is 6.92 Å². The average molecular weight is 426 g/mol. The number of carbonyl (C=O) groups excluding carboxylic acids is 3. The van der Waals surface area contributed by atoms with Crippen molar-refractivity contribution >= 4 is 29.0 Å². The third-order valence-corrected chi connectivity index (χ3v) is 4.38. The van der Waals surface area contributed by atoms with Gasteiger partial charge in [-0.2, -0.15) is 0 Å². The molecule has 1 aliphatic heterocycles. The van der Waals surface area contributed by atoms with Gasteiger partial charge in [0, 0.05) is 17.3 Å². The van der Waals surface area contributed by atoms with Gasteiger partial charge < -0.3 is 24.4 Å². The number of ketones is 1. The van der Waals surface area contributed by atoms with Crippen LogP contribution in [0.25, 0.3) is 0 Å². The molecular formula is C23H26N2O6. The molecule has 1 N–H and O–H groups in total. The first kappa shape index (κ1) is 22.1. The Morgan fingerprint density at radius 2 is 1.74 bits per heavy atom. The molecule has 164 valence electrons. The van der Waals surface area contributed by atoms with Crippen molar-refractivity contribution in [2.75, 3.05) is 30.1 Å². The van der Waals surface area contributed by atoms with Crippen LogP contribution in [0.2, 0.25) is 0 Å². The molecule has 0 radical (unpaired) electrons. The van der Waals surface area contributed by atoms with Crippen LogP contribution in [0.3, 0.4) is 0 Å². The van der Waals surface area contributed by atoms with Crippen molar-refractivity contribution in [1.29, 1.82) is 0 Å². The number of hydrogen-bond acceptors (Lipinski definition) is 7. The van der Waals surface area contributed by atoms with E-state index in [2.05, 4.69) is 5.32 Å². The number of nitrogens with zero attached hydrogens (tertiary/aromatic N) is 1. The molecule has 2 aromatic carbocycles. The van der Waals surface area contributed by atoms with Gasteiger partial charge in [-0.3, -0.25) is 14.4 Å². The Hall–Kier alpha value is -3.55. The smallest absolute Gasteiger partial charge is 0.326 e. The minimum atomic E-state index is -0.652. The van der Waals surface area contributed by atoms with Gasteiger partial charge in [-0.25, -0.2) is 0 Å². The number of rotatable bonds is 7. The highest BCUT2D eigenvalue weighted by molar-refractivity contribution is 6.04. The van der Waals surface area contributed by atoms with Crippen LogP contribution in [0.4, 0.5) is 11.4 Å². The van der Waals surface area contributed by atoms with E-state index in [-0.39, 0.29) is 31.6 Å². The Kier molecular flexibility index (Phi) is 6.48. The van der Waals surface area contributed by atoms with Crippen molar-refractivity contribution < 1.29 is 28.6 Å². The Bertz CT molecular complexity index is 996. The third kappa shape index (κ3) is 5.97. The van der Waals surface area contributed by atoms with Gasteiger partial charge in [0.2, 0.25) is 12.7 Å². The number of para-hydroxylation sites is 1. The zero-order chi connectivity index (χ0) is 22.6. The van der Waals surface area contributed by atoms with E-state index in [0.717, 1.165) is 0 Å². The number of carbonyl (C=O) groups is 3. The molecule has 8 heteroatoms. The molecule has 2 aromatic rings. The Labute approximate surface area is 181 Å². The van der Waals surface area contributed by atoms with E-state index in [9.17, 15) is 14.4 Å². The fourth-order valence-electron chi connectivity index (χ4n) is 3.11. The molecular weight excluding hydrogens is 400 g/mol. The van der Waals surface area contributed by atoms with E-state index in [1.807, 2.05) is 0 Å². The normalized spacial score (nSPS) is 12.3. The predicted molar refractivity (Wildman–Crippen MR) is 116 cm³/mol. The zero-order valence-electron chi connectivity index (χ0n) is 18.1. The largest absolute Gasteiger partial charge is 0.459 e. The summed E-state index contributed by atoms with van der Waals surface area (Å²) in [6, 6.07) is 12.0. The standard InChI is InChI=1S/C23H26N2O6/c1-15(26)17-7-5-6-8-18(17)24-21(27)12-25(13-22(28)31-23(2,3)4)16-9-10-19-20(11-16)30-14-29-19/h5-11H,12-14H2,1-4H3,(H,24,27). The van der Waals surface area contributed by atoms with Crippen LogP contribution in [0.15, 0.2) is 42.5 Å². The molecule has 0 unspecified atom stereocenters. The van der Waals surface area contributed by atoms with Gasteiger partial charge in [-0.1, -0.05) is 12.1 Å². The highest BCUT2D eigenvalue weighted by Crippen LogP contribution is 2.35. The number of amides is 1. The average Bonchev–Trinajstić information content (AvgIpc) is 3.14. The predicted octanol–water partition coefficient (Wildman–Crippen LogP) is 3.40. The molecule has 0 atom stereocenters. The number of nitrogens with one attached hydrogen (secondary N) is 1. The summed E-state index contributed by atoms with van der Waals surface area (Å²) in [6.07, 6.45) is 0. The second-order valence-electron chi connectivity index (χ2n) is 8.13. The van der Waals surface area contributed by atoms with Crippen LogP contribution < -0.4 is 19.7 Å². The highest BCUT2D eigenvalue weighted by atomic mass is 16.7. The van der Waals surface area contributed by atoms with E-state index >= 15 is 0 Å². The number of Topliss-reactive ketones (excluding diaryl/α,β-unsaturated/α-hetero) is 1. The Morgan fingerprint density at radius 3 is 2.45 bits per heavy atom. The van der Waals surface area contributed by atoms with Crippen molar-refractivity contribution in [2.45, 2.75) is 33.3 Å². The molecule has 3 rings (SSSR count). The summed E-state index contributed by atoms with van der Waals surface area (Å²) >= 11 is 0. The molecule has 0 aliphatic carbocycles. The summed E-state index contributed by atoms with van der Waals surface area (Å²) in [6.45, 7) is 6.62. The molecule has 1 aliphatic rings. The summed E-state index contributed by atoms with van der Waals surface area (Å²) in [4.78, 5) is 38.7. The topological polar surface area (TPSA) is 94.2 Å². The van der Waals surface area contributed by atoms with Crippen LogP contribution >= 0.6 is 0 Å². The van der Waals surface area contributed by atoms with E-state index < -0.39 is 11.6 Å². The van der Waals surface area contributed by atoms with Crippen molar-refractivity contribution in [1.82, 2.24) is 0 Å². The highest BCUT2D eigenvalue weighted by Gasteiger charge is 2.23. The van der Waals surface area contributed by atoms with Gasteiger partial charge >= 0.3 is 5.97 Å². The molecule has 0 saturated heterocycles. The minimum absolute atomic E-state index is 0.118. The summed E-state index contributed by atoms with van der Waals surface area (Å²) in [7, 11) is 0. The van der Waals surface area contributed by atoms with Crippen LogP contribution in [-0.2, 0) is 14.3 Å². The van der Waals surface area contributed by atoms with E-state index in [0.29, 0.717) is 28.4 Å². The van der Waals surface area contributed by atoms with Crippen molar-refractivity contribution in [3.8, 4) is 11.5 Å². The van der Waals surface area contributed by atoms with Gasteiger partial charge in [-0.15, -0.1) is 0 Å². The molecule has 1 heterocycles. The first-order valence-corrected chi connectivity index (χ1v) is 9.88. The summed E-state index contributed by atoms with van der Waals surface area (Å²) in [5.74, 6) is 0.129. The summed E-state index contributed by atoms with van der Waals surface area (Å²) in [5.41, 5.74) is 0.783. The minimum Gasteiger partial charge on any atom is -0.459 e. The van der Waals surface area contributed by atoms with Crippen LogP contribution in [0, 0.1) is 0 Å². The zero-order valence-corrected chi connectivity index (χ0v) is 18.1. The third-order valence-electron chi connectivity index (χ3n) is 4.38. The first-order chi connectivity index (χ1) is 14.6. The number of fused-ring (bicyclic) bond motifs is 1. The van der Waals surface area contributed by atoms with Gasteiger partial charge in [0.15, 0.2) is 17.3 Å². The van der Waals surface area contributed by atoms with E-state index in [1.54, 1.807) is 68.1 Å². The lowest BCUT2D eigenvalue weighted by Gasteiger charge is -2.26. The van der Waals surface area contributed by atoms with Crippen molar-refractivity contribution in [3.05, 3.63) is 48.0 Å². The quantitative estimate of drug-likeness (QED) is 0.536. The lowest BCUT2D eigenvalue weighted by molar-refractivity contribution is -0.152. The van der Waals surface area contributed by atoms with E-state index in [4.69, 9.17) is 14.2 Å². The summed E-state index contributed by atoms with van der Waals surface area (Å²) < 4.78 is 16.2. The number of anilines is 2. The van der Waals surface area contributed by atoms with Crippen molar-refractivity contribution in [3.63, 3.8) is 0 Å². The molecule has 8 nitrogen and oxygen atoms in total. The Balaban J connectivity index is 1.80. The SMILES string of the molecule is CC(=O)c1ccccc1NC(=O)CN(CC(=O)OC(C)(C)C)c1ccc2c(c1)OCO2. The van der Waals surface area contributed by atoms with Gasteiger partial charge in [0.25, 0.3) is 0 Å². The number of hydrogen-bond donors (Lipinski definition) is 1. The van der Waals surface area contributed by atoms with Gasteiger partial charge in [0.1, 0.15) is 12.1 Å². The van der Waals surface area contributed by atoms with Crippen LogP contribution in [0.1, 0.15) is 38.1 Å².